The molecule has 0 aliphatic heterocycles. The Morgan fingerprint density at radius 1 is 1.22 bits per heavy atom. The lowest BCUT2D eigenvalue weighted by Crippen LogP contribution is -2.29. The van der Waals surface area contributed by atoms with Crippen LogP contribution in [0.25, 0.3) is 0 Å². The maximum Gasteiger partial charge on any atom is 0.251 e. The van der Waals surface area contributed by atoms with Gasteiger partial charge < -0.3 is 16.2 Å². The minimum absolute atomic E-state index is 0.00675. The SMILES string of the molecule is NC(=O)c1cc(S(=O)(=O)c2ccc(F)cc2)sc1NC(=O)C1CCCC1O. The second-order valence-electron chi connectivity index (χ2n) is 6.22. The first-order valence-electron chi connectivity index (χ1n) is 8.13. The summed E-state index contributed by atoms with van der Waals surface area (Å²) in [6, 6.07) is 5.34. The van der Waals surface area contributed by atoms with Gasteiger partial charge in [0.05, 0.1) is 22.5 Å². The molecule has 0 bridgehead atoms. The molecular formula is C17H17FN2O5S2. The minimum Gasteiger partial charge on any atom is -0.392 e. The Morgan fingerprint density at radius 2 is 1.89 bits per heavy atom. The third-order valence-corrected chi connectivity index (χ3v) is 7.71. The lowest BCUT2D eigenvalue weighted by molar-refractivity contribution is -0.122. The van der Waals surface area contributed by atoms with Crippen molar-refractivity contribution in [3.05, 3.63) is 41.7 Å². The number of carbonyl (C=O) groups is 2. The highest BCUT2D eigenvalue weighted by molar-refractivity contribution is 7.93. The smallest absolute Gasteiger partial charge is 0.251 e. The van der Waals surface area contributed by atoms with Crippen molar-refractivity contribution in [2.24, 2.45) is 11.7 Å². The number of benzene rings is 1. The van der Waals surface area contributed by atoms with Gasteiger partial charge in [0.15, 0.2) is 0 Å². The Kier molecular flexibility index (Phi) is 5.31. The molecule has 27 heavy (non-hydrogen) atoms. The van der Waals surface area contributed by atoms with Gasteiger partial charge >= 0.3 is 0 Å². The van der Waals surface area contributed by atoms with E-state index in [0.29, 0.717) is 30.6 Å². The molecule has 1 aromatic heterocycles. The Labute approximate surface area is 158 Å². The maximum absolute atomic E-state index is 13.1. The average molecular weight is 412 g/mol. The van der Waals surface area contributed by atoms with Crippen LogP contribution in [0.3, 0.4) is 0 Å². The number of rotatable bonds is 5. The van der Waals surface area contributed by atoms with E-state index >= 15 is 0 Å². The summed E-state index contributed by atoms with van der Waals surface area (Å²) in [5.74, 6) is -2.59. The molecule has 0 saturated heterocycles. The Hall–Kier alpha value is -2.30. The van der Waals surface area contributed by atoms with Gasteiger partial charge in [-0.05, 0) is 49.6 Å². The molecule has 144 valence electrons. The number of nitrogens with one attached hydrogen (secondary N) is 1. The van der Waals surface area contributed by atoms with E-state index in [1.54, 1.807) is 0 Å². The summed E-state index contributed by atoms with van der Waals surface area (Å²) in [5, 5.41) is 12.4. The lowest BCUT2D eigenvalue weighted by Gasteiger charge is -2.13. The fourth-order valence-corrected chi connectivity index (χ4v) is 5.73. The normalized spacial score (nSPS) is 19.8. The number of thiophene rings is 1. The van der Waals surface area contributed by atoms with Gasteiger partial charge in [-0.15, -0.1) is 11.3 Å². The van der Waals surface area contributed by atoms with E-state index in [0.717, 1.165) is 30.3 Å². The fourth-order valence-electron chi connectivity index (χ4n) is 2.96. The van der Waals surface area contributed by atoms with Crippen LogP contribution >= 0.6 is 11.3 Å². The largest absolute Gasteiger partial charge is 0.392 e. The van der Waals surface area contributed by atoms with Crippen LogP contribution in [0.2, 0.25) is 0 Å². The molecule has 0 spiro atoms. The monoisotopic (exact) mass is 412 g/mol. The highest BCUT2D eigenvalue weighted by Gasteiger charge is 2.33. The van der Waals surface area contributed by atoms with Crippen molar-refractivity contribution in [2.75, 3.05) is 5.32 Å². The van der Waals surface area contributed by atoms with Gasteiger partial charge in [-0.2, -0.15) is 0 Å². The molecule has 2 amide bonds. The van der Waals surface area contributed by atoms with E-state index < -0.39 is 39.5 Å². The van der Waals surface area contributed by atoms with Gasteiger partial charge in [-0.3, -0.25) is 9.59 Å². The summed E-state index contributed by atoms with van der Waals surface area (Å²) in [4.78, 5) is 23.9. The molecule has 4 N–H and O–H groups in total. The number of hydrogen-bond acceptors (Lipinski definition) is 6. The van der Waals surface area contributed by atoms with Crippen molar-refractivity contribution < 1.29 is 27.5 Å². The number of aliphatic hydroxyl groups is 1. The maximum atomic E-state index is 13.1. The van der Waals surface area contributed by atoms with Crippen LogP contribution in [0.15, 0.2) is 39.4 Å². The van der Waals surface area contributed by atoms with Crippen LogP contribution in [0.5, 0.6) is 0 Å². The molecule has 1 heterocycles. The lowest BCUT2D eigenvalue weighted by atomic mass is 10.1. The van der Waals surface area contributed by atoms with E-state index in [-0.39, 0.29) is 19.7 Å². The van der Waals surface area contributed by atoms with E-state index in [9.17, 15) is 27.5 Å². The van der Waals surface area contributed by atoms with Gasteiger partial charge in [-0.25, -0.2) is 12.8 Å². The Balaban J connectivity index is 1.94. The number of primary amides is 1. The summed E-state index contributed by atoms with van der Waals surface area (Å²) < 4.78 is 38.3. The van der Waals surface area contributed by atoms with Crippen molar-refractivity contribution in [1.29, 1.82) is 0 Å². The molecule has 10 heteroatoms. The van der Waals surface area contributed by atoms with E-state index in [4.69, 9.17) is 5.73 Å². The van der Waals surface area contributed by atoms with Crippen LogP contribution in [-0.4, -0.2) is 31.4 Å². The highest BCUT2D eigenvalue weighted by atomic mass is 32.2. The number of aliphatic hydroxyl groups excluding tert-OH is 1. The molecule has 1 aromatic carbocycles. The van der Waals surface area contributed by atoms with E-state index in [1.165, 1.54) is 0 Å². The number of halogens is 1. The second kappa shape index (κ2) is 7.37. The Morgan fingerprint density at radius 3 is 2.44 bits per heavy atom. The molecule has 7 nitrogen and oxygen atoms in total. The van der Waals surface area contributed by atoms with Crippen LogP contribution in [-0.2, 0) is 14.6 Å². The predicted molar refractivity (Wildman–Crippen MR) is 96.7 cm³/mol. The number of hydrogen-bond donors (Lipinski definition) is 3. The van der Waals surface area contributed by atoms with Crippen LogP contribution in [0, 0.1) is 11.7 Å². The highest BCUT2D eigenvalue weighted by Crippen LogP contribution is 2.36. The van der Waals surface area contributed by atoms with E-state index in [1.807, 2.05) is 0 Å². The molecule has 2 atom stereocenters. The van der Waals surface area contributed by atoms with Crippen molar-refractivity contribution in [1.82, 2.24) is 0 Å². The van der Waals surface area contributed by atoms with E-state index in [2.05, 4.69) is 5.32 Å². The van der Waals surface area contributed by atoms with Gasteiger partial charge in [0.1, 0.15) is 15.0 Å². The number of nitrogens with two attached hydrogens (primary N) is 1. The number of amides is 2. The average Bonchev–Trinajstić information content (AvgIpc) is 3.22. The predicted octanol–water partition coefficient (Wildman–Crippen LogP) is 1.92. The van der Waals surface area contributed by atoms with Crippen molar-refractivity contribution >= 4 is 38.0 Å². The zero-order valence-corrected chi connectivity index (χ0v) is 15.6. The molecule has 1 fully saturated rings. The first-order valence-corrected chi connectivity index (χ1v) is 10.4. The number of carbonyl (C=O) groups excluding carboxylic acids is 2. The molecule has 3 rings (SSSR count). The van der Waals surface area contributed by atoms with Crippen molar-refractivity contribution in [2.45, 2.75) is 34.5 Å². The molecule has 2 unspecified atom stereocenters. The topological polar surface area (TPSA) is 127 Å². The number of anilines is 1. The third-order valence-electron chi connectivity index (χ3n) is 4.42. The Bertz CT molecular complexity index is 985. The van der Waals surface area contributed by atoms with Crippen LogP contribution < -0.4 is 11.1 Å². The van der Waals surface area contributed by atoms with Crippen LogP contribution in [0.4, 0.5) is 9.39 Å². The van der Waals surface area contributed by atoms with Gasteiger partial charge in [-0.1, -0.05) is 0 Å². The van der Waals surface area contributed by atoms with Gasteiger partial charge in [0.2, 0.25) is 15.7 Å². The molecular weight excluding hydrogens is 395 g/mol. The van der Waals surface area contributed by atoms with Crippen molar-refractivity contribution in [3.8, 4) is 0 Å². The first-order chi connectivity index (χ1) is 12.7. The standard InChI is InChI=1S/C17H17FN2O5S2/c18-9-4-6-10(7-5-9)27(24,25)14-8-12(15(19)22)17(26-14)20-16(23)11-2-1-3-13(11)21/h4-8,11,13,21H,1-3H2,(H2,19,22)(H,20,23). The van der Waals surface area contributed by atoms with Gasteiger partial charge in [0.25, 0.3) is 5.91 Å². The summed E-state index contributed by atoms with van der Waals surface area (Å²) in [7, 11) is -4.01. The number of sulfone groups is 1. The second-order valence-corrected chi connectivity index (χ2v) is 9.45. The van der Waals surface area contributed by atoms with Gasteiger partial charge in [0, 0.05) is 0 Å². The molecule has 1 aliphatic carbocycles. The zero-order valence-electron chi connectivity index (χ0n) is 14.0. The molecule has 0 radical (unpaired) electrons. The summed E-state index contributed by atoms with van der Waals surface area (Å²) in [5.41, 5.74) is 5.17. The first kappa shape index (κ1) is 19.5. The zero-order chi connectivity index (χ0) is 19.8. The summed E-state index contributed by atoms with van der Waals surface area (Å²) in [6.45, 7) is 0. The molecule has 2 aromatic rings. The minimum atomic E-state index is -4.01. The van der Waals surface area contributed by atoms with Crippen LogP contribution in [0.1, 0.15) is 29.6 Å². The third kappa shape index (κ3) is 3.87. The summed E-state index contributed by atoms with van der Waals surface area (Å²) in [6.07, 6.45) is 0.946. The summed E-state index contributed by atoms with van der Waals surface area (Å²) >= 11 is 0.686. The fraction of sp³-hybridized carbons (Fsp3) is 0.294. The molecule has 1 aliphatic rings. The molecule has 1 saturated carbocycles. The quantitative estimate of drug-likeness (QED) is 0.647. The van der Waals surface area contributed by atoms with Crippen molar-refractivity contribution in [3.63, 3.8) is 0 Å².